The summed E-state index contributed by atoms with van der Waals surface area (Å²) in [6, 6.07) is 7.33. The van der Waals surface area contributed by atoms with Crippen LogP contribution in [0.4, 0.5) is 0 Å². The molecule has 0 radical (unpaired) electrons. The number of halogens is 2. The number of para-hydroxylation sites is 1. The minimum Gasteiger partial charge on any atom is -0.496 e. The number of hydrogen-bond donors (Lipinski definition) is 1. The molecule has 0 aliphatic heterocycles. The van der Waals surface area contributed by atoms with Gasteiger partial charge in [-0.2, -0.15) is 0 Å². The summed E-state index contributed by atoms with van der Waals surface area (Å²) in [5.41, 5.74) is 6.06. The third-order valence-electron chi connectivity index (χ3n) is 2.83. The Morgan fingerprint density at radius 2 is 2.06 bits per heavy atom. The SMILES string of the molecule is COc1ccccc1[C@@H]1[C@@H](C(N)=O)C1(Cl)Cl. The summed E-state index contributed by atoms with van der Waals surface area (Å²) in [6.07, 6.45) is 0. The van der Waals surface area contributed by atoms with Crippen LogP contribution in [0.1, 0.15) is 11.5 Å². The summed E-state index contributed by atoms with van der Waals surface area (Å²) in [6.45, 7) is 0. The molecule has 1 aliphatic carbocycles. The van der Waals surface area contributed by atoms with Crippen LogP contribution in [0.15, 0.2) is 24.3 Å². The molecule has 0 aromatic heterocycles. The summed E-state index contributed by atoms with van der Waals surface area (Å²) in [7, 11) is 1.56. The van der Waals surface area contributed by atoms with E-state index in [1.54, 1.807) is 13.2 Å². The van der Waals surface area contributed by atoms with Crippen molar-refractivity contribution in [2.75, 3.05) is 7.11 Å². The highest BCUT2D eigenvalue weighted by Crippen LogP contribution is 2.65. The molecule has 1 saturated carbocycles. The van der Waals surface area contributed by atoms with Gasteiger partial charge >= 0.3 is 0 Å². The molecule has 2 rings (SSSR count). The zero-order valence-corrected chi connectivity index (χ0v) is 10.1. The van der Waals surface area contributed by atoms with Gasteiger partial charge in [0.15, 0.2) is 0 Å². The molecule has 1 amide bonds. The molecular weight excluding hydrogens is 249 g/mol. The van der Waals surface area contributed by atoms with Gasteiger partial charge in [0, 0.05) is 11.5 Å². The van der Waals surface area contributed by atoms with Crippen LogP contribution in [-0.4, -0.2) is 17.4 Å². The molecule has 2 N–H and O–H groups in total. The van der Waals surface area contributed by atoms with Crippen LogP contribution in [0.25, 0.3) is 0 Å². The van der Waals surface area contributed by atoms with Crippen molar-refractivity contribution in [1.29, 1.82) is 0 Å². The highest BCUT2D eigenvalue weighted by Gasteiger charge is 2.67. The lowest BCUT2D eigenvalue weighted by Crippen LogP contribution is -2.16. The number of ether oxygens (including phenoxy) is 1. The lowest BCUT2D eigenvalue weighted by Gasteiger charge is -2.07. The topological polar surface area (TPSA) is 52.3 Å². The van der Waals surface area contributed by atoms with Crippen molar-refractivity contribution in [2.24, 2.45) is 11.7 Å². The number of alkyl halides is 2. The Labute approximate surface area is 103 Å². The molecule has 5 heteroatoms. The van der Waals surface area contributed by atoms with Gasteiger partial charge in [-0.05, 0) is 6.07 Å². The van der Waals surface area contributed by atoms with Gasteiger partial charge in [-0.3, -0.25) is 4.79 Å². The predicted molar refractivity (Wildman–Crippen MR) is 62.9 cm³/mol. The summed E-state index contributed by atoms with van der Waals surface area (Å²) in [4.78, 5) is 11.2. The van der Waals surface area contributed by atoms with Crippen molar-refractivity contribution in [2.45, 2.75) is 10.3 Å². The normalized spacial score (nSPS) is 26.2. The second-order valence-corrected chi connectivity index (χ2v) is 5.22. The standard InChI is InChI=1S/C11H11Cl2NO2/c1-16-7-5-3-2-4-6(7)8-9(10(14)15)11(8,12)13/h2-5,8-9H,1H3,(H2,14,15)/t8-,9+/m1/s1. The number of hydrogen-bond acceptors (Lipinski definition) is 2. The van der Waals surface area contributed by atoms with E-state index in [1.165, 1.54) is 0 Å². The number of primary amides is 1. The highest BCUT2D eigenvalue weighted by atomic mass is 35.5. The summed E-state index contributed by atoms with van der Waals surface area (Å²) in [5, 5.41) is 0. The Morgan fingerprint density at radius 1 is 1.44 bits per heavy atom. The van der Waals surface area contributed by atoms with E-state index < -0.39 is 16.2 Å². The van der Waals surface area contributed by atoms with E-state index in [0.717, 1.165) is 5.56 Å². The summed E-state index contributed by atoms with van der Waals surface area (Å²) in [5.74, 6) is -0.653. The lowest BCUT2D eigenvalue weighted by molar-refractivity contribution is -0.119. The van der Waals surface area contributed by atoms with Crippen molar-refractivity contribution in [3.63, 3.8) is 0 Å². The zero-order chi connectivity index (χ0) is 11.9. The second-order valence-electron chi connectivity index (χ2n) is 3.77. The molecule has 1 fully saturated rings. The number of benzene rings is 1. The molecule has 0 bridgehead atoms. The molecular formula is C11H11Cl2NO2. The first kappa shape index (κ1) is 11.6. The first-order valence-electron chi connectivity index (χ1n) is 4.80. The Morgan fingerprint density at radius 3 is 2.56 bits per heavy atom. The maximum absolute atomic E-state index is 11.2. The van der Waals surface area contributed by atoms with Crippen LogP contribution >= 0.6 is 23.2 Å². The third kappa shape index (κ3) is 1.64. The molecule has 1 aliphatic rings. The lowest BCUT2D eigenvalue weighted by atomic mass is 10.1. The van der Waals surface area contributed by atoms with Gasteiger partial charge in [0.25, 0.3) is 0 Å². The van der Waals surface area contributed by atoms with Crippen LogP contribution in [0, 0.1) is 5.92 Å². The molecule has 3 nitrogen and oxygen atoms in total. The smallest absolute Gasteiger partial charge is 0.224 e. The van der Waals surface area contributed by atoms with E-state index in [0.29, 0.717) is 5.75 Å². The van der Waals surface area contributed by atoms with Gasteiger partial charge in [0.1, 0.15) is 10.1 Å². The van der Waals surface area contributed by atoms with Crippen molar-refractivity contribution < 1.29 is 9.53 Å². The maximum atomic E-state index is 11.2. The van der Waals surface area contributed by atoms with E-state index in [9.17, 15) is 4.79 Å². The van der Waals surface area contributed by atoms with Gasteiger partial charge < -0.3 is 10.5 Å². The molecule has 0 unspecified atom stereocenters. The monoisotopic (exact) mass is 259 g/mol. The number of nitrogens with two attached hydrogens (primary N) is 1. The molecule has 1 aromatic carbocycles. The molecule has 2 atom stereocenters. The molecule has 0 heterocycles. The average molecular weight is 260 g/mol. The fourth-order valence-electron chi connectivity index (χ4n) is 1.99. The largest absolute Gasteiger partial charge is 0.496 e. The zero-order valence-electron chi connectivity index (χ0n) is 8.61. The van der Waals surface area contributed by atoms with Crippen LogP contribution in [0.5, 0.6) is 5.75 Å². The van der Waals surface area contributed by atoms with Gasteiger partial charge in [0.05, 0.1) is 13.0 Å². The van der Waals surface area contributed by atoms with Gasteiger partial charge in [-0.1, -0.05) is 18.2 Å². The molecule has 0 saturated heterocycles. The molecule has 86 valence electrons. The Kier molecular flexibility index (Phi) is 2.76. The Bertz CT molecular complexity index is 434. The highest BCUT2D eigenvalue weighted by molar-refractivity contribution is 6.53. The van der Waals surface area contributed by atoms with Crippen LogP contribution in [0.2, 0.25) is 0 Å². The summed E-state index contributed by atoms with van der Waals surface area (Å²) >= 11 is 12.1. The number of methoxy groups -OCH3 is 1. The van der Waals surface area contributed by atoms with Gasteiger partial charge in [0.2, 0.25) is 5.91 Å². The predicted octanol–water partition coefficient (Wildman–Crippen LogP) is 2.07. The van der Waals surface area contributed by atoms with Crippen molar-refractivity contribution in [3.05, 3.63) is 29.8 Å². The molecule has 16 heavy (non-hydrogen) atoms. The fraction of sp³-hybridized carbons (Fsp3) is 0.364. The Balaban J connectivity index is 2.37. The molecule has 1 aromatic rings. The summed E-state index contributed by atoms with van der Waals surface area (Å²) < 4.78 is 4.09. The van der Waals surface area contributed by atoms with Crippen molar-refractivity contribution in [3.8, 4) is 5.75 Å². The van der Waals surface area contributed by atoms with E-state index in [4.69, 9.17) is 33.7 Å². The number of carbonyl (C=O) groups is 1. The number of rotatable bonds is 3. The minimum absolute atomic E-state index is 0.288. The first-order chi connectivity index (χ1) is 7.50. The maximum Gasteiger partial charge on any atom is 0.224 e. The Hall–Kier alpha value is -0.930. The van der Waals surface area contributed by atoms with Crippen LogP contribution in [-0.2, 0) is 4.79 Å². The van der Waals surface area contributed by atoms with Crippen LogP contribution < -0.4 is 10.5 Å². The average Bonchev–Trinajstić information content (AvgIpc) is 2.81. The van der Waals surface area contributed by atoms with E-state index in [1.807, 2.05) is 18.2 Å². The van der Waals surface area contributed by atoms with E-state index in [2.05, 4.69) is 0 Å². The van der Waals surface area contributed by atoms with Gasteiger partial charge in [-0.15, -0.1) is 23.2 Å². The van der Waals surface area contributed by atoms with E-state index >= 15 is 0 Å². The van der Waals surface area contributed by atoms with Crippen molar-refractivity contribution in [1.82, 2.24) is 0 Å². The second kappa shape index (κ2) is 3.82. The third-order valence-corrected chi connectivity index (χ3v) is 3.77. The molecule has 0 spiro atoms. The minimum atomic E-state index is -1.11. The van der Waals surface area contributed by atoms with E-state index in [-0.39, 0.29) is 5.92 Å². The van der Waals surface area contributed by atoms with Gasteiger partial charge in [-0.25, -0.2) is 0 Å². The fourth-order valence-corrected chi connectivity index (χ4v) is 2.82. The van der Waals surface area contributed by atoms with Crippen LogP contribution in [0.3, 0.4) is 0 Å². The van der Waals surface area contributed by atoms with Crippen molar-refractivity contribution >= 4 is 29.1 Å². The number of carbonyl (C=O) groups excluding carboxylic acids is 1. The number of amides is 1. The first-order valence-corrected chi connectivity index (χ1v) is 5.55. The quantitative estimate of drug-likeness (QED) is 0.846.